The molecule has 0 aliphatic heterocycles. The zero-order valence-corrected chi connectivity index (χ0v) is 11.4. The lowest BCUT2D eigenvalue weighted by Gasteiger charge is -2.17. The van der Waals surface area contributed by atoms with Crippen LogP contribution < -0.4 is 5.73 Å². The van der Waals surface area contributed by atoms with Gasteiger partial charge < -0.3 is 10.8 Å². The Labute approximate surface area is 106 Å². The van der Waals surface area contributed by atoms with Gasteiger partial charge in [0.2, 0.25) is 0 Å². The Kier molecular flexibility index (Phi) is 5.43. The van der Waals surface area contributed by atoms with Crippen molar-refractivity contribution in [1.29, 1.82) is 0 Å². The molecular weight excluding hydrogens is 237 g/mol. The molecule has 2 atom stereocenters. The fourth-order valence-corrected chi connectivity index (χ4v) is 2.87. The van der Waals surface area contributed by atoms with E-state index >= 15 is 0 Å². The lowest BCUT2D eigenvalue weighted by molar-refractivity contribution is 0.289. The molecule has 0 spiro atoms. The Balaban J connectivity index is 3.00. The summed E-state index contributed by atoms with van der Waals surface area (Å²) in [6, 6.07) is 3.18. The van der Waals surface area contributed by atoms with Gasteiger partial charge in [0.1, 0.15) is 5.82 Å². The highest BCUT2D eigenvalue weighted by atomic mass is 32.2. The number of aliphatic hydroxyl groups excluding tert-OH is 1. The van der Waals surface area contributed by atoms with E-state index in [1.807, 2.05) is 19.9 Å². The number of halogens is 1. The molecule has 1 rings (SSSR count). The van der Waals surface area contributed by atoms with Crippen LogP contribution in [0.1, 0.15) is 37.4 Å². The van der Waals surface area contributed by atoms with E-state index in [0.717, 1.165) is 16.9 Å². The van der Waals surface area contributed by atoms with Crippen molar-refractivity contribution in [1.82, 2.24) is 0 Å². The Hall–Kier alpha value is -0.580. The molecule has 4 heteroatoms. The van der Waals surface area contributed by atoms with Gasteiger partial charge in [-0.05, 0) is 43.5 Å². The lowest BCUT2D eigenvalue weighted by Crippen LogP contribution is -2.09. The molecule has 0 saturated heterocycles. The quantitative estimate of drug-likeness (QED) is 0.797. The number of aryl methyl sites for hydroxylation is 1. The zero-order chi connectivity index (χ0) is 13.0. The van der Waals surface area contributed by atoms with E-state index in [4.69, 9.17) is 10.8 Å². The maximum Gasteiger partial charge on any atom is 0.126 e. The van der Waals surface area contributed by atoms with Gasteiger partial charge in [-0.25, -0.2) is 4.39 Å². The fourth-order valence-electron chi connectivity index (χ4n) is 1.59. The Morgan fingerprint density at radius 2 is 2.06 bits per heavy atom. The number of benzene rings is 1. The normalized spacial score (nSPS) is 14.7. The smallest absolute Gasteiger partial charge is 0.126 e. The second kappa shape index (κ2) is 6.38. The lowest BCUT2D eigenvalue weighted by atomic mass is 10.1. The van der Waals surface area contributed by atoms with Gasteiger partial charge in [-0.3, -0.25) is 0 Å². The van der Waals surface area contributed by atoms with Gasteiger partial charge >= 0.3 is 0 Å². The van der Waals surface area contributed by atoms with Crippen LogP contribution in [0.2, 0.25) is 0 Å². The molecule has 0 fully saturated rings. The van der Waals surface area contributed by atoms with Crippen molar-refractivity contribution in [2.45, 2.75) is 43.4 Å². The molecule has 0 saturated carbocycles. The molecule has 3 N–H and O–H groups in total. The average Bonchev–Trinajstić information content (AvgIpc) is 2.23. The first kappa shape index (κ1) is 14.5. The van der Waals surface area contributed by atoms with Crippen molar-refractivity contribution in [3.8, 4) is 0 Å². The maximum atomic E-state index is 13.5. The van der Waals surface area contributed by atoms with E-state index in [-0.39, 0.29) is 18.5 Å². The third kappa shape index (κ3) is 3.98. The van der Waals surface area contributed by atoms with Gasteiger partial charge in [-0.2, -0.15) is 0 Å². The van der Waals surface area contributed by atoms with Crippen LogP contribution in [-0.4, -0.2) is 17.0 Å². The van der Waals surface area contributed by atoms with Crippen LogP contribution in [-0.2, 0) is 0 Å². The molecule has 0 aromatic heterocycles. The summed E-state index contributed by atoms with van der Waals surface area (Å²) in [5, 5.41) is 9.19. The minimum atomic E-state index is -0.212. The molecule has 1 unspecified atom stereocenters. The van der Waals surface area contributed by atoms with Gasteiger partial charge in [0, 0.05) is 22.8 Å². The van der Waals surface area contributed by atoms with Crippen molar-refractivity contribution in [3.63, 3.8) is 0 Å². The fraction of sp³-hybridized carbons (Fsp3) is 0.538. The summed E-state index contributed by atoms with van der Waals surface area (Å²) in [4.78, 5) is 1.01. The van der Waals surface area contributed by atoms with E-state index < -0.39 is 0 Å². The van der Waals surface area contributed by atoms with Gasteiger partial charge in [0.15, 0.2) is 0 Å². The first-order chi connectivity index (χ1) is 7.95. The third-order valence-electron chi connectivity index (χ3n) is 2.65. The Morgan fingerprint density at radius 1 is 1.41 bits per heavy atom. The maximum absolute atomic E-state index is 13.5. The molecule has 17 heavy (non-hydrogen) atoms. The van der Waals surface area contributed by atoms with Crippen LogP contribution in [0.15, 0.2) is 17.0 Å². The van der Waals surface area contributed by atoms with E-state index in [2.05, 4.69) is 0 Å². The van der Waals surface area contributed by atoms with Gasteiger partial charge in [-0.1, -0.05) is 6.92 Å². The van der Waals surface area contributed by atoms with Gasteiger partial charge in [-0.15, -0.1) is 11.8 Å². The van der Waals surface area contributed by atoms with Crippen LogP contribution in [0, 0.1) is 12.7 Å². The largest absolute Gasteiger partial charge is 0.396 e. The molecular formula is C13H20FNOS. The van der Waals surface area contributed by atoms with Gasteiger partial charge in [0.25, 0.3) is 0 Å². The molecule has 0 heterocycles. The highest BCUT2D eigenvalue weighted by Crippen LogP contribution is 2.32. The van der Waals surface area contributed by atoms with E-state index in [1.165, 1.54) is 6.07 Å². The van der Waals surface area contributed by atoms with Crippen molar-refractivity contribution in [2.24, 2.45) is 5.73 Å². The standard InChI is InChI=1S/C13H20FNOS/c1-8-6-13(17-9(2)4-5-16)11(10(3)15)7-12(8)14/h6-7,9-10,16H,4-5,15H2,1-3H3/t9?,10-/m1/s1. The molecule has 0 amide bonds. The summed E-state index contributed by atoms with van der Waals surface area (Å²) in [6.45, 7) is 5.82. The molecule has 0 aliphatic rings. The van der Waals surface area contributed by atoms with Crippen LogP contribution >= 0.6 is 11.8 Å². The molecule has 0 radical (unpaired) electrons. The third-order valence-corrected chi connectivity index (χ3v) is 3.89. The van der Waals surface area contributed by atoms with Crippen LogP contribution in [0.4, 0.5) is 4.39 Å². The molecule has 1 aromatic carbocycles. The molecule has 96 valence electrons. The van der Waals surface area contributed by atoms with E-state index in [1.54, 1.807) is 18.7 Å². The highest BCUT2D eigenvalue weighted by Gasteiger charge is 2.13. The van der Waals surface area contributed by atoms with Crippen LogP contribution in [0.25, 0.3) is 0 Å². The topological polar surface area (TPSA) is 46.2 Å². The van der Waals surface area contributed by atoms with Crippen LogP contribution in [0.3, 0.4) is 0 Å². The van der Waals surface area contributed by atoms with Crippen molar-refractivity contribution in [3.05, 3.63) is 29.1 Å². The molecule has 0 aliphatic carbocycles. The van der Waals surface area contributed by atoms with Crippen molar-refractivity contribution < 1.29 is 9.50 Å². The minimum Gasteiger partial charge on any atom is -0.396 e. The highest BCUT2D eigenvalue weighted by molar-refractivity contribution is 8.00. The first-order valence-electron chi connectivity index (χ1n) is 5.78. The summed E-state index contributed by atoms with van der Waals surface area (Å²) < 4.78 is 13.5. The SMILES string of the molecule is Cc1cc(SC(C)CCO)c([C@@H](C)N)cc1F. The summed E-state index contributed by atoms with van der Waals surface area (Å²) in [7, 11) is 0. The molecule has 0 bridgehead atoms. The second-order valence-electron chi connectivity index (χ2n) is 4.37. The van der Waals surface area contributed by atoms with Gasteiger partial charge in [0.05, 0.1) is 0 Å². The Bertz CT molecular complexity index is 382. The van der Waals surface area contributed by atoms with Crippen molar-refractivity contribution in [2.75, 3.05) is 6.61 Å². The Morgan fingerprint density at radius 3 is 2.59 bits per heavy atom. The number of aliphatic hydroxyl groups is 1. The number of hydrogen-bond donors (Lipinski definition) is 2. The first-order valence-corrected chi connectivity index (χ1v) is 6.66. The van der Waals surface area contributed by atoms with Crippen LogP contribution in [0.5, 0.6) is 0 Å². The number of nitrogens with two attached hydrogens (primary N) is 1. The summed E-state index contributed by atoms with van der Waals surface area (Å²) in [6.07, 6.45) is 0.722. The minimum absolute atomic E-state index is 0.169. The predicted molar refractivity (Wildman–Crippen MR) is 70.8 cm³/mol. The second-order valence-corrected chi connectivity index (χ2v) is 5.85. The predicted octanol–water partition coefficient (Wildman–Crippen LogP) is 3.02. The number of hydrogen-bond acceptors (Lipinski definition) is 3. The number of thioether (sulfide) groups is 1. The summed E-state index contributed by atoms with van der Waals surface area (Å²) in [5.74, 6) is -0.212. The number of rotatable bonds is 5. The molecule has 2 nitrogen and oxygen atoms in total. The zero-order valence-electron chi connectivity index (χ0n) is 10.5. The van der Waals surface area contributed by atoms with Crippen molar-refractivity contribution >= 4 is 11.8 Å². The monoisotopic (exact) mass is 257 g/mol. The van der Waals surface area contributed by atoms with E-state index in [9.17, 15) is 4.39 Å². The van der Waals surface area contributed by atoms with E-state index in [0.29, 0.717) is 10.8 Å². The average molecular weight is 257 g/mol. The molecule has 1 aromatic rings. The summed E-state index contributed by atoms with van der Waals surface area (Å²) in [5.41, 5.74) is 7.32. The summed E-state index contributed by atoms with van der Waals surface area (Å²) >= 11 is 1.64.